The summed E-state index contributed by atoms with van der Waals surface area (Å²) >= 11 is 1.52. The van der Waals surface area contributed by atoms with Gasteiger partial charge < -0.3 is 20.3 Å². The Morgan fingerprint density at radius 1 is 0.926 bits per heavy atom. The van der Waals surface area contributed by atoms with Gasteiger partial charge in [-0.15, -0.1) is 11.3 Å². The van der Waals surface area contributed by atoms with Gasteiger partial charge in [-0.2, -0.15) is 0 Å². The fraction of sp³-hybridized carbons (Fsp3) is 0.200. The second-order valence-electron chi connectivity index (χ2n) is 6.15. The molecule has 0 atom stereocenters. The fourth-order valence-electron chi connectivity index (χ4n) is 2.80. The average molecular weight is 383 g/mol. The first-order valence-corrected chi connectivity index (χ1v) is 9.43. The summed E-state index contributed by atoms with van der Waals surface area (Å²) in [4.78, 5) is 24.5. The van der Waals surface area contributed by atoms with E-state index in [9.17, 15) is 14.7 Å². The molecule has 0 saturated heterocycles. The second-order valence-corrected chi connectivity index (χ2v) is 7.04. The van der Waals surface area contributed by atoms with E-state index in [1.54, 1.807) is 12.1 Å². The number of carbonyl (C=O) groups excluding carboxylic acids is 2. The minimum atomic E-state index is -0.251. The summed E-state index contributed by atoms with van der Waals surface area (Å²) in [6, 6.07) is 11.9. The molecule has 3 aromatic rings. The van der Waals surface area contributed by atoms with Gasteiger partial charge in [0.05, 0.1) is 5.56 Å². The number of nitrogens with zero attached hydrogens (tertiary/aromatic N) is 1. The second kappa shape index (κ2) is 8.09. The van der Waals surface area contributed by atoms with Crippen molar-refractivity contribution in [2.75, 3.05) is 13.1 Å². The lowest BCUT2D eigenvalue weighted by Gasteiger charge is -2.11. The smallest absolute Gasteiger partial charge is 0.254 e. The maximum Gasteiger partial charge on any atom is 0.254 e. The Kier molecular flexibility index (Phi) is 5.61. The van der Waals surface area contributed by atoms with Crippen molar-refractivity contribution < 1.29 is 14.7 Å². The molecule has 7 heteroatoms. The molecule has 3 N–H and O–H groups in total. The van der Waals surface area contributed by atoms with Gasteiger partial charge in [-0.1, -0.05) is 0 Å². The highest BCUT2D eigenvalue weighted by Crippen LogP contribution is 2.25. The van der Waals surface area contributed by atoms with E-state index in [2.05, 4.69) is 15.2 Å². The van der Waals surface area contributed by atoms with Crippen molar-refractivity contribution >= 4 is 23.2 Å². The highest BCUT2D eigenvalue weighted by atomic mass is 32.1. The quantitative estimate of drug-likeness (QED) is 0.572. The lowest BCUT2D eigenvalue weighted by atomic mass is 10.2. The summed E-state index contributed by atoms with van der Waals surface area (Å²) in [6.45, 7) is 4.65. The van der Waals surface area contributed by atoms with Crippen molar-refractivity contribution in [2.24, 2.45) is 0 Å². The standard InChI is InChI=1S/C20H21N3O3S/c1-13-3-4-14(2)23(13)20-17(9-12-27-20)19(26)22-11-10-21-18(25)15-5-7-16(24)8-6-15/h3-9,12,24H,10-11H2,1-2H3,(H,21,25)(H,22,26). The van der Waals surface area contributed by atoms with Crippen LogP contribution in [0.3, 0.4) is 0 Å². The summed E-state index contributed by atoms with van der Waals surface area (Å²) in [6.07, 6.45) is 0. The van der Waals surface area contributed by atoms with Gasteiger partial charge in [0.2, 0.25) is 0 Å². The number of aromatic nitrogens is 1. The van der Waals surface area contributed by atoms with E-state index in [0.717, 1.165) is 16.4 Å². The lowest BCUT2D eigenvalue weighted by molar-refractivity contribution is 0.0928. The molecule has 0 fully saturated rings. The first-order valence-electron chi connectivity index (χ1n) is 8.55. The van der Waals surface area contributed by atoms with Gasteiger partial charge in [-0.05, 0) is 61.7 Å². The zero-order valence-electron chi connectivity index (χ0n) is 15.2. The first-order chi connectivity index (χ1) is 13.0. The number of phenols is 1. The molecule has 0 unspecified atom stereocenters. The SMILES string of the molecule is Cc1ccc(C)n1-c1sccc1C(=O)NCCNC(=O)c1ccc(O)cc1. The van der Waals surface area contributed by atoms with Gasteiger partial charge in [-0.3, -0.25) is 9.59 Å². The van der Waals surface area contributed by atoms with Crippen molar-refractivity contribution in [3.05, 3.63) is 70.4 Å². The molecule has 2 heterocycles. The number of aryl methyl sites for hydroxylation is 2. The third-order valence-electron chi connectivity index (χ3n) is 4.19. The van der Waals surface area contributed by atoms with Gasteiger partial charge in [0.15, 0.2) is 0 Å². The summed E-state index contributed by atoms with van der Waals surface area (Å²) in [7, 11) is 0. The highest BCUT2D eigenvalue weighted by Gasteiger charge is 2.16. The zero-order chi connectivity index (χ0) is 19.4. The number of phenolic OH excluding ortho intramolecular Hbond substituents is 1. The Morgan fingerprint density at radius 2 is 1.52 bits per heavy atom. The third kappa shape index (κ3) is 4.20. The monoisotopic (exact) mass is 383 g/mol. The maximum absolute atomic E-state index is 12.5. The number of benzene rings is 1. The predicted molar refractivity (Wildman–Crippen MR) is 106 cm³/mol. The van der Waals surface area contributed by atoms with E-state index in [1.165, 1.54) is 23.5 Å². The summed E-state index contributed by atoms with van der Waals surface area (Å²) in [5.74, 6) is -0.310. The van der Waals surface area contributed by atoms with Crippen LogP contribution in [0.5, 0.6) is 5.75 Å². The van der Waals surface area contributed by atoms with Crippen LogP contribution in [0.4, 0.5) is 0 Å². The van der Waals surface area contributed by atoms with Crippen LogP contribution in [0.15, 0.2) is 47.8 Å². The molecule has 6 nitrogen and oxygen atoms in total. The largest absolute Gasteiger partial charge is 0.508 e. The van der Waals surface area contributed by atoms with Crippen LogP contribution in [0.25, 0.3) is 5.00 Å². The third-order valence-corrected chi connectivity index (χ3v) is 5.09. The molecular formula is C20H21N3O3S. The van der Waals surface area contributed by atoms with E-state index in [-0.39, 0.29) is 17.6 Å². The molecule has 27 heavy (non-hydrogen) atoms. The summed E-state index contributed by atoms with van der Waals surface area (Å²) in [5, 5.41) is 17.6. The first kappa shape index (κ1) is 18.7. The zero-order valence-corrected chi connectivity index (χ0v) is 16.0. The Morgan fingerprint density at radius 3 is 2.15 bits per heavy atom. The topological polar surface area (TPSA) is 83.4 Å². The van der Waals surface area contributed by atoms with E-state index < -0.39 is 0 Å². The van der Waals surface area contributed by atoms with Crippen molar-refractivity contribution in [1.82, 2.24) is 15.2 Å². The normalized spacial score (nSPS) is 10.6. The predicted octanol–water partition coefficient (Wildman–Crippen LogP) is 3.02. The number of carbonyl (C=O) groups is 2. The Hall–Kier alpha value is -3.06. The molecule has 0 radical (unpaired) electrons. The average Bonchev–Trinajstić information content (AvgIpc) is 3.25. The Balaban J connectivity index is 1.56. The molecule has 140 valence electrons. The molecule has 0 aliphatic rings. The lowest BCUT2D eigenvalue weighted by Crippen LogP contribution is -2.34. The van der Waals surface area contributed by atoms with Crippen LogP contribution >= 0.6 is 11.3 Å². The van der Waals surface area contributed by atoms with Gasteiger partial charge in [-0.25, -0.2) is 0 Å². The molecule has 0 aliphatic carbocycles. The van der Waals surface area contributed by atoms with Crippen LogP contribution in [-0.4, -0.2) is 34.6 Å². The molecule has 2 amide bonds. The van der Waals surface area contributed by atoms with Crippen molar-refractivity contribution in [3.8, 4) is 10.8 Å². The van der Waals surface area contributed by atoms with Gasteiger partial charge in [0.1, 0.15) is 10.8 Å². The Labute approximate surface area is 161 Å². The molecule has 0 saturated carbocycles. The molecule has 3 rings (SSSR count). The minimum absolute atomic E-state index is 0.110. The molecule has 0 spiro atoms. The van der Waals surface area contributed by atoms with Crippen molar-refractivity contribution in [2.45, 2.75) is 13.8 Å². The van der Waals surface area contributed by atoms with Crippen LogP contribution in [0.2, 0.25) is 0 Å². The molecular weight excluding hydrogens is 362 g/mol. The summed E-state index contributed by atoms with van der Waals surface area (Å²) in [5.41, 5.74) is 3.22. The molecule has 0 bridgehead atoms. The van der Waals surface area contributed by atoms with Crippen LogP contribution in [-0.2, 0) is 0 Å². The van der Waals surface area contributed by atoms with Crippen LogP contribution in [0.1, 0.15) is 32.1 Å². The van der Waals surface area contributed by atoms with Gasteiger partial charge in [0.25, 0.3) is 11.8 Å². The van der Waals surface area contributed by atoms with Crippen molar-refractivity contribution in [3.63, 3.8) is 0 Å². The van der Waals surface area contributed by atoms with Gasteiger partial charge >= 0.3 is 0 Å². The number of rotatable bonds is 6. The minimum Gasteiger partial charge on any atom is -0.508 e. The maximum atomic E-state index is 12.5. The number of hydrogen-bond donors (Lipinski definition) is 3. The number of thiophene rings is 1. The summed E-state index contributed by atoms with van der Waals surface area (Å²) < 4.78 is 2.06. The molecule has 0 aliphatic heterocycles. The Bertz CT molecular complexity index is 938. The van der Waals surface area contributed by atoms with E-state index in [4.69, 9.17) is 0 Å². The van der Waals surface area contributed by atoms with Crippen molar-refractivity contribution in [1.29, 1.82) is 0 Å². The number of amides is 2. The van der Waals surface area contributed by atoms with E-state index >= 15 is 0 Å². The number of nitrogens with one attached hydrogen (secondary N) is 2. The fourth-order valence-corrected chi connectivity index (χ4v) is 3.81. The van der Waals surface area contributed by atoms with E-state index in [1.807, 2.05) is 37.4 Å². The van der Waals surface area contributed by atoms with Gasteiger partial charge in [0, 0.05) is 30.0 Å². The number of aromatic hydroxyl groups is 1. The number of hydrogen-bond acceptors (Lipinski definition) is 4. The highest BCUT2D eigenvalue weighted by molar-refractivity contribution is 7.13. The molecule has 1 aromatic carbocycles. The van der Waals surface area contributed by atoms with Crippen LogP contribution in [0, 0.1) is 13.8 Å². The van der Waals surface area contributed by atoms with E-state index in [0.29, 0.717) is 24.2 Å². The molecule has 2 aromatic heterocycles. The van der Waals surface area contributed by atoms with Crippen LogP contribution < -0.4 is 10.6 Å².